The molecular formula is C30H35N5O3. The summed E-state index contributed by atoms with van der Waals surface area (Å²) < 4.78 is 6.60. The first kappa shape index (κ1) is 24.8. The normalized spacial score (nSPS) is 21.7. The fraction of sp³-hybridized carbons (Fsp3) is 0.433. The van der Waals surface area contributed by atoms with Crippen molar-refractivity contribution in [1.29, 1.82) is 0 Å². The third-order valence-electron chi connectivity index (χ3n) is 8.30. The Kier molecular flexibility index (Phi) is 7.00. The van der Waals surface area contributed by atoms with E-state index in [-0.39, 0.29) is 11.8 Å². The molecule has 1 N–H and O–H groups in total. The van der Waals surface area contributed by atoms with Gasteiger partial charge in [0.15, 0.2) is 0 Å². The number of hydrogen-bond acceptors (Lipinski definition) is 7. The van der Waals surface area contributed by atoms with E-state index in [4.69, 9.17) is 4.42 Å². The van der Waals surface area contributed by atoms with E-state index < -0.39 is 0 Å². The number of rotatable bonds is 5. The molecule has 8 nitrogen and oxygen atoms in total. The number of benzene rings is 1. The number of aromatic nitrogens is 1. The minimum atomic E-state index is 0.164. The van der Waals surface area contributed by atoms with E-state index in [0.717, 1.165) is 97.9 Å². The van der Waals surface area contributed by atoms with Gasteiger partial charge in [-0.15, -0.1) is 0 Å². The molecule has 198 valence electrons. The molecule has 0 saturated carbocycles. The molecule has 38 heavy (non-hydrogen) atoms. The Morgan fingerprint density at radius 2 is 1.84 bits per heavy atom. The molecule has 2 aromatic heterocycles. The van der Waals surface area contributed by atoms with Crippen LogP contribution in [0.4, 0.5) is 0 Å². The number of fused-ring (bicyclic) bond motifs is 1. The Labute approximate surface area is 223 Å². The number of piperidine rings is 1. The number of carbonyl (C=O) groups excluding carboxylic acids is 1. The van der Waals surface area contributed by atoms with Gasteiger partial charge in [0, 0.05) is 74.3 Å². The zero-order chi connectivity index (χ0) is 26.1. The van der Waals surface area contributed by atoms with Gasteiger partial charge in [0.05, 0.1) is 12.3 Å². The monoisotopic (exact) mass is 513 g/mol. The van der Waals surface area contributed by atoms with Crippen LogP contribution < -0.4 is 0 Å². The molecule has 2 saturated heterocycles. The topological polar surface area (TPSA) is 85.4 Å². The number of oxime groups is 1. The van der Waals surface area contributed by atoms with E-state index in [2.05, 4.69) is 51.3 Å². The van der Waals surface area contributed by atoms with Crippen molar-refractivity contribution in [2.45, 2.75) is 31.6 Å². The number of furan rings is 1. The van der Waals surface area contributed by atoms with Gasteiger partial charge in [-0.3, -0.25) is 14.7 Å². The van der Waals surface area contributed by atoms with E-state index in [1.54, 1.807) is 12.4 Å². The molecule has 2 fully saturated rings. The highest BCUT2D eigenvalue weighted by atomic mass is 16.4. The van der Waals surface area contributed by atoms with Crippen LogP contribution in [0.3, 0.4) is 0 Å². The SMILES string of the molecule is CN1CCN(CC(=O)N2CCCC(c3cc(-c4ccc5c(c4)CCC5=NO)c(-c4ccncc4)o3)C2)CC1. The number of aryl methyl sites for hydroxylation is 1. The van der Waals surface area contributed by atoms with E-state index in [9.17, 15) is 10.0 Å². The van der Waals surface area contributed by atoms with Crippen LogP contribution in [0, 0.1) is 0 Å². The molecule has 2 aliphatic heterocycles. The van der Waals surface area contributed by atoms with Gasteiger partial charge < -0.3 is 19.4 Å². The maximum atomic E-state index is 13.2. The molecule has 0 bridgehead atoms. The Balaban J connectivity index is 1.26. The summed E-state index contributed by atoms with van der Waals surface area (Å²) in [5, 5.41) is 12.8. The standard InChI is InChI=1S/C30H35N5O3/c1-33-13-15-34(16-14-33)20-29(36)35-12-2-3-24(19-35)28-18-26(30(38-28)21-8-10-31-11-9-21)23-4-6-25-22(17-23)5-7-27(25)32-37/h4,6,8-11,17-18,24,37H,2-3,5,7,12-16,19-20H2,1H3. The second-order valence-electron chi connectivity index (χ2n) is 10.8. The van der Waals surface area contributed by atoms with E-state index in [1.165, 1.54) is 5.56 Å². The maximum Gasteiger partial charge on any atom is 0.236 e. The smallest absolute Gasteiger partial charge is 0.236 e. The molecule has 1 unspecified atom stereocenters. The lowest BCUT2D eigenvalue weighted by Crippen LogP contribution is -2.50. The van der Waals surface area contributed by atoms with Gasteiger partial charge in [-0.05, 0) is 62.1 Å². The van der Waals surface area contributed by atoms with Crippen molar-refractivity contribution in [2.75, 3.05) is 52.9 Å². The first-order valence-corrected chi connectivity index (χ1v) is 13.7. The minimum Gasteiger partial charge on any atom is -0.460 e. The molecule has 1 aliphatic carbocycles. The summed E-state index contributed by atoms with van der Waals surface area (Å²) in [6.45, 7) is 5.93. The molecule has 6 rings (SSSR count). The van der Waals surface area contributed by atoms with Gasteiger partial charge in [0.2, 0.25) is 5.91 Å². The van der Waals surface area contributed by atoms with Crippen LogP contribution in [-0.2, 0) is 11.2 Å². The fourth-order valence-electron chi connectivity index (χ4n) is 6.02. The first-order valence-electron chi connectivity index (χ1n) is 13.7. The summed E-state index contributed by atoms with van der Waals surface area (Å²) in [7, 11) is 2.13. The lowest BCUT2D eigenvalue weighted by Gasteiger charge is -2.36. The highest BCUT2D eigenvalue weighted by Gasteiger charge is 2.30. The van der Waals surface area contributed by atoms with Crippen molar-refractivity contribution in [3.8, 4) is 22.5 Å². The van der Waals surface area contributed by atoms with Crippen LogP contribution in [0.2, 0.25) is 0 Å². The number of pyridine rings is 1. The lowest BCUT2D eigenvalue weighted by atomic mass is 9.93. The van der Waals surface area contributed by atoms with Gasteiger partial charge in [-0.25, -0.2) is 0 Å². The minimum absolute atomic E-state index is 0.164. The van der Waals surface area contributed by atoms with Crippen LogP contribution in [0.1, 0.15) is 42.1 Å². The van der Waals surface area contributed by atoms with Crippen molar-refractivity contribution < 1.29 is 14.4 Å². The average molecular weight is 514 g/mol. The van der Waals surface area contributed by atoms with Crippen LogP contribution in [0.25, 0.3) is 22.5 Å². The summed E-state index contributed by atoms with van der Waals surface area (Å²) >= 11 is 0. The van der Waals surface area contributed by atoms with Gasteiger partial charge in [-0.1, -0.05) is 23.4 Å². The van der Waals surface area contributed by atoms with Crippen molar-refractivity contribution in [3.05, 3.63) is 65.7 Å². The maximum absolute atomic E-state index is 13.2. The van der Waals surface area contributed by atoms with E-state index in [0.29, 0.717) is 13.1 Å². The molecule has 1 amide bonds. The van der Waals surface area contributed by atoms with Crippen molar-refractivity contribution in [1.82, 2.24) is 19.7 Å². The highest BCUT2D eigenvalue weighted by molar-refractivity contribution is 6.04. The largest absolute Gasteiger partial charge is 0.460 e. The predicted molar refractivity (Wildman–Crippen MR) is 147 cm³/mol. The van der Waals surface area contributed by atoms with Gasteiger partial charge >= 0.3 is 0 Å². The number of carbonyl (C=O) groups is 1. The number of hydrogen-bond donors (Lipinski definition) is 1. The fourth-order valence-corrected chi connectivity index (χ4v) is 6.02. The molecule has 3 aromatic rings. The summed E-state index contributed by atoms with van der Waals surface area (Å²) in [5.41, 5.74) is 6.08. The quantitative estimate of drug-likeness (QED) is 0.409. The predicted octanol–water partition coefficient (Wildman–Crippen LogP) is 4.09. The second kappa shape index (κ2) is 10.7. The zero-order valence-corrected chi connectivity index (χ0v) is 22.0. The summed E-state index contributed by atoms with van der Waals surface area (Å²) in [6.07, 6.45) is 7.16. The summed E-state index contributed by atoms with van der Waals surface area (Å²) in [5.74, 6) is 2.15. The van der Waals surface area contributed by atoms with E-state index >= 15 is 0 Å². The Bertz CT molecular complexity index is 1330. The molecule has 0 radical (unpaired) electrons. The number of amides is 1. The second-order valence-corrected chi connectivity index (χ2v) is 10.8. The lowest BCUT2D eigenvalue weighted by molar-refractivity contribution is -0.134. The number of nitrogens with zero attached hydrogens (tertiary/aromatic N) is 5. The molecule has 1 atom stereocenters. The molecule has 0 spiro atoms. The summed E-state index contributed by atoms with van der Waals surface area (Å²) in [6, 6.07) is 12.5. The molecule has 3 aliphatic rings. The Morgan fingerprint density at radius 1 is 1.03 bits per heavy atom. The van der Waals surface area contributed by atoms with Crippen LogP contribution in [-0.4, -0.2) is 89.4 Å². The number of likely N-dealkylation sites (N-methyl/N-ethyl adjacent to an activating group) is 1. The van der Waals surface area contributed by atoms with Gasteiger partial charge in [-0.2, -0.15) is 0 Å². The van der Waals surface area contributed by atoms with Gasteiger partial charge in [0.1, 0.15) is 11.5 Å². The number of piperazine rings is 1. The average Bonchev–Trinajstić information content (AvgIpc) is 3.59. The van der Waals surface area contributed by atoms with Crippen molar-refractivity contribution in [3.63, 3.8) is 0 Å². The Morgan fingerprint density at radius 3 is 2.63 bits per heavy atom. The molecular weight excluding hydrogens is 478 g/mol. The van der Waals surface area contributed by atoms with E-state index in [1.807, 2.05) is 17.0 Å². The molecule has 1 aromatic carbocycles. The Hall–Kier alpha value is -3.49. The van der Waals surface area contributed by atoms with Crippen LogP contribution >= 0.6 is 0 Å². The van der Waals surface area contributed by atoms with Crippen molar-refractivity contribution >= 4 is 11.6 Å². The highest BCUT2D eigenvalue weighted by Crippen LogP contribution is 2.40. The first-order chi connectivity index (χ1) is 18.6. The summed E-state index contributed by atoms with van der Waals surface area (Å²) in [4.78, 5) is 24.0. The van der Waals surface area contributed by atoms with Crippen LogP contribution in [0.15, 0.2) is 58.4 Å². The van der Waals surface area contributed by atoms with Crippen LogP contribution in [0.5, 0.6) is 0 Å². The zero-order valence-electron chi connectivity index (χ0n) is 22.0. The number of likely N-dealkylation sites (tertiary alicyclic amines) is 1. The van der Waals surface area contributed by atoms with Gasteiger partial charge in [0.25, 0.3) is 0 Å². The molecule has 4 heterocycles. The molecule has 8 heteroatoms. The third kappa shape index (κ3) is 4.98. The van der Waals surface area contributed by atoms with Crippen molar-refractivity contribution in [2.24, 2.45) is 5.16 Å². The third-order valence-corrected chi connectivity index (χ3v) is 8.30.